The molecule has 1 N–H and O–H groups in total. The third-order valence-corrected chi connectivity index (χ3v) is 3.90. The molecule has 2 rings (SSSR count). The van der Waals surface area contributed by atoms with Crippen LogP contribution in [-0.2, 0) is 0 Å². The Morgan fingerprint density at radius 1 is 1.50 bits per heavy atom. The maximum atomic E-state index is 12.2. The van der Waals surface area contributed by atoms with Gasteiger partial charge in [-0.25, -0.2) is 0 Å². The van der Waals surface area contributed by atoms with Gasteiger partial charge in [0.25, 0.3) is 5.91 Å². The predicted octanol–water partition coefficient (Wildman–Crippen LogP) is 1.81. The number of halogens is 1. The van der Waals surface area contributed by atoms with Gasteiger partial charge in [-0.1, -0.05) is 0 Å². The van der Waals surface area contributed by atoms with E-state index in [1.54, 1.807) is 11.4 Å². The van der Waals surface area contributed by atoms with Gasteiger partial charge in [-0.05, 0) is 19.9 Å². The van der Waals surface area contributed by atoms with Crippen molar-refractivity contribution in [1.82, 2.24) is 10.2 Å². The number of Topliss-reactive ketones (excluding diaryl/α,β-unsaturated/α-hetero) is 1. The lowest BCUT2D eigenvalue weighted by Crippen LogP contribution is -2.52. The minimum absolute atomic E-state index is 0. The summed E-state index contributed by atoms with van der Waals surface area (Å²) in [4.78, 5) is 26.0. The Balaban J connectivity index is 0.00000162. The van der Waals surface area contributed by atoms with E-state index in [1.807, 2.05) is 11.8 Å². The van der Waals surface area contributed by atoms with Crippen LogP contribution in [0.1, 0.15) is 33.9 Å². The maximum Gasteiger partial charge on any atom is 0.264 e. The summed E-state index contributed by atoms with van der Waals surface area (Å²) in [5.41, 5.74) is 0.626. The van der Waals surface area contributed by atoms with E-state index in [-0.39, 0.29) is 30.1 Å². The van der Waals surface area contributed by atoms with Crippen LogP contribution in [0.4, 0.5) is 0 Å². The van der Waals surface area contributed by atoms with E-state index in [1.165, 1.54) is 18.3 Å². The Labute approximate surface area is 117 Å². The number of ketones is 1. The molecule has 1 fully saturated rings. The number of hydrogen-bond donors (Lipinski definition) is 1. The summed E-state index contributed by atoms with van der Waals surface area (Å²) in [7, 11) is 0. The molecule has 0 aromatic carbocycles. The summed E-state index contributed by atoms with van der Waals surface area (Å²) in [6.45, 7) is 5.94. The molecule has 18 heavy (non-hydrogen) atoms. The number of piperazine rings is 1. The van der Waals surface area contributed by atoms with Crippen molar-refractivity contribution < 1.29 is 9.59 Å². The standard InChI is InChI=1S/C12H16N2O2S.ClH/c1-8-6-13-3-4-14(8)12(16)11-5-10(7-17-11)9(2)15;/h5,7-8,13H,3-4,6H2,1-2H3;1H. The van der Waals surface area contributed by atoms with Crippen molar-refractivity contribution in [3.8, 4) is 0 Å². The van der Waals surface area contributed by atoms with E-state index >= 15 is 0 Å². The number of nitrogens with zero attached hydrogens (tertiary/aromatic N) is 1. The lowest BCUT2D eigenvalue weighted by molar-refractivity contribution is 0.0661. The third-order valence-electron chi connectivity index (χ3n) is 2.98. The highest BCUT2D eigenvalue weighted by Crippen LogP contribution is 2.19. The summed E-state index contributed by atoms with van der Waals surface area (Å²) in [6, 6.07) is 1.91. The number of carbonyl (C=O) groups excluding carboxylic acids is 2. The van der Waals surface area contributed by atoms with Crippen LogP contribution < -0.4 is 5.32 Å². The molecular formula is C12H17ClN2O2S. The number of rotatable bonds is 2. The summed E-state index contributed by atoms with van der Waals surface area (Å²) in [6.07, 6.45) is 0. The van der Waals surface area contributed by atoms with Crippen molar-refractivity contribution in [3.63, 3.8) is 0 Å². The first-order valence-corrected chi connectivity index (χ1v) is 6.58. The van der Waals surface area contributed by atoms with E-state index in [0.717, 1.165) is 19.6 Å². The van der Waals surface area contributed by atoms with Gasteiger partial charge in [0.1, 0.15) is 0 Å². The molecule has 0 saturated carbocycles. The van der Waals surface area contributed by atoms with Gasteiger partial charge in [-0.3, -0.25) is 9.59 Å². The fourth-order valence-electron chi connectivity index (χ4n) is 1.92. The zero-order valence-electron chi connectivity index (χ0n) is 10.4. The molecule has 1 unspecified atom stereocenters. The molecule has 1 aliphatic heterocycles. The number of carbonyl (C=O) groups is 2. The van der Waals surface area contributed by atoms with Gasteiger partial charge in [0.05, 0.1) is 4.88 Å². The quantitative estimate of drug-likeness (QED) is 0.845. The second kappa shape index (κ2) is 6.31. The van der Waals surface area contributed by atoms with E-state index in [2.05, 4.69) is 5.32 Å². The first-order chi connectivity index (χ1) is 8.09. The minimum Gasteiger partial charge on any atom is -0.333 e. The smallest absolute Gasteiger partial charge is 0.264 e. The van der Waals surface area contributed by atoms with Gasteiger partial charge in [0, 0.05) is 36.6 Å². The maximum absolute atomic E-state index is 12.2. The van der Waals surface area contributed by atoms with Gasteiger partial charge in [0.2, 0.25) is 0 Å². The van der Waals surface area contributed by atoms with Gasteiger partial charge in [-0.15, -0.1) is 23.7 Å². The zero-order chi connectivity index (χ0) is 12.4. The summed E-state index contributed by atoms with van der Waals surface area (Å²) in [5, 5.41) is 5.00. The van der Waals surface area contributed by atoms with Crippen LogP contribution in [0.25, 0.3) is 0 Å². The highest BCUT2D eigenvalue weighted by atomic mass is 35.5. The average molecular weight is 289 g/mol. The lowest BCUT2D eigenvalue weighted by atomic mass is 10.2. The van der Waals surface area contributed by atoms with Crippen LogP contribution >= 0.6 is 23.7 Å². The molecule has 1 atom stereocenters. The van der Waals surface area contributed by atoms with Crippen molar-refractivity contribution in [2.75, 3.05) is 19.6 Å². The van der Waals surface area contributed by atoms with Crippen molar-refractivity contribution in [2.45, 2.75) is 19.9 Å². The minimum atomic E-state index is 0. The van der Waals surface area contributed by atoms with E-state index in [4.69, 9.17) is 0 Å². The molecule has 1 amide bonds. The topological polar surface area (TPSA) is 49.4 Å². The predicted molar refractivity (Wildman–Crippen MR) is 74.9 cm³/mol. The Morgan fingerprint density at radius 2 is 2.22 bits per heavy atom. The van der Waals surface area contributed by atoms with E-state index in [0.29, 0.717) is 10.4 Å². The Morgan fingerprint density at radius 3 is 2.78 bits per heavy atom. The van der Waals surface area contributed by atoms with E-state index < -0.39 is 0 Å². The van der Waals surface area contributed by atoms with Crippen LogP contribution in [0.2, 0.25) is 0 Å². The Kier molecular flexibility index (Phi) is 5.31. The Hall–Kier alpha value is -0.910. The van der Waals surface area contributed by atoms with Gasteiger partial charge in [0.15, 0.2) is 5.78 Å². The highest BCUT2D eigenvalue weighted by molar-refractivity contribution is 7.12. The average Bonchev–Trinajstić information content (AvgIpc) is 2.78. The molecule has 100 valence electrons. The highest BCUT2D eigenvalue weighted by Gasteiger charge is 2.25. The van der Waals surface area contributed by atoms with Gasteiger partial charge >= 0.3 is 0 Å². The molecule has 1 aromatic heterocycles. The van der Waals surface area contributed by atoms with Crippen LogP contribution in [-0.4, -0.2) is 42.3 Å². The van der Waals surface area contributed by atoms with Crippen LogP contribution in [0, 0.1) is 0 Å². The zero-order valence-corrected chi connectivity index (χ0v) is 12.1. The van der Waals surface area contributed by atoms with Crippen LogP contribution in [0.15, 0.2) is 11.4 Å². The van der Waals surface area contributed by atoms with Gasteiger partial charge < -0.3 is 10.2 Å². The number of thiophene rings is 1. The Bertz CT molecular complexity index is 447. The molecular weight excluding hydrogens is 272 g/mol. The summed E-state index contributed by atoms with van der Waals surface area (Å²) < 4.78 is 0. The molecule has 0 radical (unpaired) electrons. The molecule has 1 saturated heterocycles. The molecule has 0 bridgehead atoms. The number of amides is 1. The molecule has 0 aliphatic carbocycles. The van der Waals surface area contributed by atoms with Crippen LogP contribution in [0.5, 0.6) is 0 Å². The van der Waals surface area contributed by atoms with Crippen molar-refractivity contribution in [2.24, 2.45) is 0 Å². The van der Waals surface area contributed by atoms with Crippen molar-refractivity contribution in [3.05, 3.63) is 21.9 Å². The fourth-order valence-corrected chi connectivity index (χ4v) is 2.82. The molecule has 1 aromatic rings. The van der Waals surface area contributed by atoms with Gasteiger partial charge in [-0.2, -0.15) is 0 Å². The summed E-state index contributed by atoms with van der Waals surface area (Å²) in [5.74, 6) is 0.0464. The SMILES string of the molecule is CC(=O)c1csc(C(=O)N2CCNCC2C)c1.Cl. The first kappa shape index (κ1) is 15.1. The second-order valence-electron chi connectivity index (χ2n) is 4.31. The number of nitrogens with one attached hydrogen (secondary N) is 1. The first-order valence-electron chi connectivity index (χ1n) is 5.70. The van der Waals surface area contributed by atoms with Crippen molar-refractivity contribution >= 4 is 35.4 Å². The molecule has 4 nitrogen and oxygen atoms in total. The molecule has 2 heterocycles. The fraction of sp³-hybridized carbons (Fsp3) is 0.500. The normalized spacial score (nSPS) is 19.2. The third kappa shape index (κ3) is 3.10. The van der Waals surface area contributed by atoms with E-state index in [9.17, 15) is 9.59 Å². The molecule has 0 spiro atoms. The molecule has 1 aliphatic rings. The summed E-state index contributed by atoms with van der Waals surface area (Å²) >= 11 is 1.35. The molecule has 6 heteroatoms. The second-order valence-corrected chi connectivity index (χ2v) is 5.22. The largest absolute Gasteiger partial charge is 0.333 e. The monoisotopic (exact) mass is 288 g/mol. The number of hydrogen-bond acceptors (Lipinski definition) is 4. The van der Waals surface area contributed by atoms with Crippen LogP contribution in [0.3, 0.4) is 0 Å². The van der Waals surface area contributed by atoms with Crippen molar-refractivity contribution in [1.29, 1.82) is 0 Å². The lowest BCUT2D eigenvalue weighted by Gasteiger charge is -2.33.